The molecule has 3 aromatic rings. The number of hydrogen-bond donors (Lipinski definition) is 2. The molecule has 1 heterocycles. The van der Waals surface area contributed by atoms with Crippen molar-refractivity contribution in [3.05, 3.63) is 84.2 Å². The number of sulfonamides is 1. The van der Waals surface area contributed by atoms with Gasteiger partial charge in [0.25, 0.3) is 15.9 Å². The second-order valence-corrected chi connectivity index (χ2v) is 7.58. The van der Waals surface area contributed by atoms with E-state index < -0.39 is 21.9 Å². The van der Waals surface area contributed by atoms with Crippen molar-refractivity contribution in [2.45, 2.75) is 4.90 Å². The van der Waals surface area contributed by atoms with Gasteiger partial charge in [-0.3, -0.25) is 14.5 Å². The van der Waals surface area contributed by atoms with E-state index in [0.717, 1.165) is 0 Å². The molecule has 0 spiro atoms. The number of esters is 1. The van der Waals surface area contributed by atoms with Gasteiger partial charge >= 0.3 is 5.97 Å². The Labute approximate surface area is 167 Å². The van der Waals surface area contributed by atoms with Crippen LogP contribution in [0.25, 0.3) is 0 Å². The van der Waals surface area contributed by atoms with Crippen LogP contribution in [0.1, 0.15) is 20.7 Å². The topological polar surface area (TPSA) is 114 Å². The molecule has 0 atom stereocenters. The number of nitrogens with one attached hydrogen (secondary N) is 2. The van der Waals surface area contributed by atoms with Crippen LogP contribution in [-0.4, -0.2) is 32.4 Å². The summed E-state index contributed by atoms with van der Waals surface area (Å²) >= 11 is 0. The van der Waals surface area contributed by atoms with Crippen molar-refractivity contribution in [1.82, 2.24) is 4.98 Å². The Morgan fingerprint density at radius 2 is 1.66 bits per heavy atom. The van der Waals surface area contributed by atoms with E-state index in [1.807, 2.05) is 0 Å². The van der Waals surface area contributed by atoms with Crippen LogP contribution in [0.2, 0.25) is 0 Å². The first-order chi connectivity index (χ1) is 13.9. The molecule has 2 N–H and O–H groups in total. The molecule has 0 saturated heterocycles. The summed E-state index contributed by atoms with van der Waals surface area (Å²) in [6, 6.07) is 15.0. The largest absolute Gasteiger partial charge is 0.465 e. The van der Waals surface area contributed by atoms with Gasteiger partial charge in [-0.25, -0.2) is 13.2 Å². The van der Waals surface area contributed by atoms with Crippen molar-refractivity contribution in [3.63, 3.8) is 0 Å². The second kappa shape index (κ2) is 8.53. The van der Waals surface area contributed by atoms with E-state index in [9.17, 15) is 18.0 Å². The summed E-state index contributed by atoms with van der Waals surface area (Å²) in [4.78, 5) is 27.9. The first kappa shape index (κ1) is 20.0. The molecule has 148 valence electrons. The van der Waals surface area contributed by atoms with Gasteiger partial charge in [-0.05, 0) is 48.5 Å². The van der Waals surface area contributed by atoms with Crippen molar-refractivity contribution in [2.75, 3.05) is 17.1 Å². The molecule has 2 aromatic carbocycles. The normalized spacial score (nSPS) is 10.8. The second-order valence-electron chi connectivity index (χ2n) is 5.90. The average molecular weight is 411 g/mol. The summed E-state index contributed by atoms with van der Waals surface area (Å²) in [5, 5.41) is 2.63. The van der Waals surface area contributed by atoms with Crippen molar-refractivity contribution in [2.24, 2.45) is 0 Å². The van der Waals surface area contributed by atoms with Crippen LogP contribution in [0.4, 0.5) is 11.4 Å². The van der Waals surface area contributed by atoms with E-state index >= 15 is 0 Å². The van der Waals surface area contributed by atoms with Crippen LogP contribution in [-0.2, 0) is 14.8 Å². The number of anilines is 2. The summed E-state index contributed by atoms with van der Waals surface area (Å²) in [5.74, 6) is -1.05. The molecule has 0 radical (unpaired) electrons. The summed E-state index contributed by atoms with van der Waals surface area (Å²) in [6.45, 7) is 0. The molecule has 1 aromatic heterocycles. The third-order valence-corrected chi connectivity index (χ3v) is 5.24. The molecule has 9 heteroatoms. The van der Waals surface area contributed by atoms with Crippen LogP contribution < -0.4 is 10.0 Å². The molecule has 3 rings (SSSR count). The summed E-state index contributed by atoms with van der Waals surface area (Å²) in [7, 11) is -2.63. The lowest BCUT2D eigenvalue weighted by atomic mass is 10.1. The number of nitrogens with zero attached hydrogens (tertiary/aromatic N) is 1. The van der Waals surface area contributed by atoms with Crippen LogP contribution in [0.5, 0.6) is 0 Å². The third kappa shape index (κ3) is 4.96. The number of hydrogen-bond acceptors (Lipinski definition) is 6. The summed E-state index contributed by atoms with van der Waals surface area (Å²) < 4.78 is 32.2. The van der Waals surface area contributed by atoms with Gasteiger partial charge in [0.05, 0.1) is 29.5 Å². The summed E-state index contributed by atoms with van der Waals surface area (Å²) in [5.41, 5.74) is 1.10. The lowest BCUT2D eigenvalue weighted by Crippen LogP contribution is -2.16. The van der Waals surface area contributed by atoms with Gasteiger partial charge in [0.1, 0.15) is 0 Å². The molecule has 0 bridgehead atoms. The maximum Gasteiger partial charge on any atom is 0.337 e. The number of amides is 1. The molecule has 0 fully saturated rings. The maximum atomic E-state index is 12.6. The first-order valence-electron chi connectivity index (χ1n) is 8.42. The number of pyridine rings is 1. The van der Waals surface area contributed by atoms with Crippen molar-refractivity contribution in [3.8, 4) is 0 Å². The number of benzene rings is 2. The van der Waals surface area contributed by atoms with Crippen molar-refractivity contribution in [1.29, 1.82) is 0 Å². The van der Waals surface area contributed by atoms with E-state index in [1.54, 1.807) is 30.3 Å². The number of methoxy groups -OCH3 is 1. The minimum absolute atomic E-state index is 0.0719. The Balaban J connectivity index is 1.80. The fraction of sp³-hybridized carbons (Fsp3) is 0.0500. The maximum absolute atomic E-state index is 12.6. The lowest BCUT2D eigenvalue weighted by Gasteiger charge is -2.10. The Morgan fingerprint density at radius 3 is 2.38 bits per heavy atom. The predicted octanol–water partition coefficient (Wildman–Crippen LogP) is 2.92. The highest BCUT2D eigenvalue weighted by molar-refractivity contribution is 7.92. The highest BCUT2D eigenvalue weighted by Gasteiger charge is 2.17. The highest BCUT2D eigenvalue weighted by Crippen LogP contribution is 2.18. The Kier molecular flexibility index (Phi) is 5.89. The molecule has 1 amide bonds. The molecule has 0 aliphatic rings. The van der Waals surface area contributed by atoms with E-state index in [2.05, 4.69) is 19.8 Å². The van der Waals surface area contributed by atoms with Crippen LogP contribution in [0.3, 0.4) is 0 Å². The SMILES string of the molecule is COC(=O)c1cccc(NC(=O)c2cccc(S(=O)(=O)Nc3cccnc3)c2)c1. The lowest BCUT2D eigenvalue weighted by molar-refractivity contribution is 0.0600. The van der Waals surface area contributed by atoms with Gasteiger partial charge in [0.2, 0.25) is 0 Å². The van der Waals surface area contributed by atoms with E-state index in [0.29, 0.717) is 11.4 Å². The Hall–Kier alpha value is -3.72. The van der Waals surface area contributed by atoms with Gasteiger partial charge in [0.15, 0.2) is 0 Å². The van der Waals surface area contributed by atoms with Gasteiger partial charge < -0.3 is 10.1 Å². The van der Waals surface area contributed by atoms with Crippen molar-refractivity contribution < 1.29 is 22.7 Å². The fourth-order valence-corrected chi connectivity index (χ4v) is 3.58. The number of aromatic nitrogens is 1. The fourth-order valence-electron chi connectivity index (χ4n) is 2.49. The quantitative estimate of drug-likeness (QED) is 0.603. The van der Waals surface area contributed by atoms with E-state index in [4.69, 9.17) is 0 Å². The zero-order chi connectivity index (χ0) is 20.9. The minimum atomic E-state index is -3.89. The zero-order valence-electron chi connectivity index (χ0n) is 15.3. The molecular weight excluding hydrogens is 394 g/mol. The Bertz CT molecular complexity index is 1150. The van der Waals surface area contributed by atoms with Crippen LogP contribution >= 0.6 is 0 Å². The first-order valence-corrected chi connectivity index (χ1v) is 9.90. The number of rotatable bonds is 6. The number of carbonyl (C=O) groups is 2. The monoisotopic (exact) mass is 411 g/mol. The smallest absolute Gasteiger partial charge is 0.337 e. The minimum Gasteiger partial charge on any atom is -0.465 e. The molecule has 0 unspecified atom stereocenters. The average Bonchev–Trinajstić information content (AvgIpc) is 2.74. The molecule has 0 aliphatic carbocycles. The molecule has 0 saturated carbocycles. The van der Waals surface area contributed by atoms with Crippen molar-refractivity contribution >= 4 is 33.3 Å². The van der Waals surface area contributed by atoms with E-state index in [-0.39, 0.29) is 16.0 Å². The van der Waals surface area contributed by atoms with Crippen LogP contribution in [0, 0.1) is 0 Å². The molecule has 8 nitrogen and oxygen atoms in total. The number of carbonyl (C=O) groups excluding carboxylic acids is 2. The molecular formula is C20H17N3O5S. The molecule has 29 heavy (non-hydrogen) atoms. The van der Waals surface area contributed by atoms with Gasteiger partial charge in [-0.1, -0.05) is 12.1 Å². The van der Waals surface area contributed by atoms with Gasteiger partial charge in [-0.15, -0.1) is 0 Å². The summed E-state index contributed by atoms with van der Waals surface area (Å²) in [6.07, 6.45) is 2.90. The highest BCUT2D eigenvalue weighted by atomic mass is 32.2. The number of ether oxygens (including phenoxy) is 1. The van der Waals surface area contributed by atoms with Gasteiger partial charge in [-0.2, -0.15) is 0 Å². The van der Waals surface area contributed by atoms with Crippen LogP contribution in [0.15, 0.2) is 78.0 Å². The predicted molar refractivity (Wildman–Crippen MR) is 107 cm³/mol. The van der Waals surface area contributed by atoms with E-state index in [1.165, 1.54) is 49.8 Å². The third-order valence-electron chi connectivity index (χ3n) is 3.86. The zero-order valence-corrected chi connectivity index (χ0v) is 16.1. The molecule has 0 aliphatic heterocycles. The Morgan fingerprint density at radius 1 is 0.931 bits per heavy atom. The standard InChI is InChI=1S/C20H17N3O5S/c1-28-20(25)15-6-2-7-16(11-15)22-19(24)14-5-3-9-18(12-14)29(26,27)23-17-8-4-10-21-13-17/h2-13,23H,1H3,(H,22,24). The van der Waals surface area contributed by atoms with Gasteiger partial charge in [0, 0.05) is 17.4 Å².